The van der Waals surface area contributed by atoms with Gasteiger partial charge in [0.25, 0.3) is 5.91 Å². The molecular weight excluding hydrogens is 393 g/mol. The van der Waals surface area contributed by atoms with E-state index in [0.29, 0.717) is 27.4 Å². The maximum atomic E-state index is 12.5. The number of hydrogen-bond acceptors (Lipinski definition) is 5. The van der Waals surface area contributed by atoms with Crippen LogP contribution in [0.2, 0.25) is 0 Å². The summed E-state index contributed by atoms with van der Waals surface area (Å²) < 4.78 is 37.2. The molecule has 28 heavy (non-hydrogen) atoms. The van der Waals surface area contributed by atoms with Crippen LogP contribution in [0.25, 0.3) is 10.4 Å². The minimum atomic E-state index is -4.96. The van der Waals surface area contributed by atoms with Crippen molar-refractivity contribution in [2.24, 2.45) is 5.92 Å². The van der Waals surface area contributed by atoms with Crippen LogP contribution < -0.4 is 16.0 Å². The highest BCUT2D eigenvalue weighted by atomic mass is 32.1. The highest BCUT2D eigenvalue weighted by Crippen LogP contribution is 2.32. The zero-order valence-electron chi connectivity index (χ0n) is 14.5. The van der Waals surface area contributed by atoms with E-state index in [1.54, 1.807) is 6.07 Å². The molecule has 2 fully saturated rings. The average Bonchev–Trinajstić information content (AvgIpc) is 3.38. The fraction of sp³-hybridized carbons (Fsp3) is 0.389. The van der Waals surface area contributed by atoms with Crippen molar-refractivity contribution in [2.45, 2.75) is 31.1 Å². The third kappa shape index (κ3) is 3.88. The van der Waals surface area contributed by atoms with Gasteiger partial charge in [-0.15, -0.1) is 11.3 Å². The Kier molecular flexibility index (Phi) is 4.84. The molecule has 10 heteroatoms. The number of carbonyl (C=O) groups excluding carboxylic acids is 2. The van der Waals surface area contributed by atoms with E-state index in [4.69, 9.17) is 0 Å². The van der Waals surface area contributed by atoms with Gasteiger partial charge in [0, 0.05) is 24.0 Å². The Morgan fingerprint density at radius 1 is 1.25 bits per heavy atom. The van der Waals surface area contributed by atoms with Crippen LogP contribution in [0.4, 0.5) is 18.9 Å². The second-order valence-electron chi connectivity index (χ2n) is 6.99. The summed E-state index contributed by atoms with van der Waals surface area (Å²) in [5, 5.41) is 8.50. The number of halogens is 3. The molecule has 0 radical (unpaired) electrons. The van der Waals surface area contributed by atoms with Gasteiger partial charge >= 0.3 is 12.1 Å². The second kappa shape index (κ2) is 7.17. The van der Waals surface area contributed by atoms with Crippen LogP contribution in [0.5, 0.6) is 0 Å². The molecule has 2 aromatic rings. The van der Waals surface area contributed by atoms with E-state index in [0.717, 1.165) is 30.7 Å². The van der Waals surface area contributed by atoms with Gasteiger partial charge in [-0.25, -0.2) is 4.98 Å². The van der Waals surface area contributed by atoms with Crippen molar-refractivity contribution in [1.29, 1.82) is 0 Å². The molecule has 3 atom stereocenters. The Hall–Kier alpha value is -2.46. The lowest BCUT2D eigenvalue weighted by molar-refractivity contribution is -0.167. The van der Waals surface area contributed by atoms with Gasteiger partial charge in [-0.2, -0.15) is 13.2 Å². The quantitative estimate of drug-likeness (QED) is 0.724. The number of amides is 2. The summed E-state index contributed by atoms with van der Waals surface area (Å²) in [6.07, 6.45) is -1.42. The number of nitrogens with zero attached hydrogens (tertiary/aromatic N) is 1. The fourth-order valence-electron chi connectivity index (χ4n) is 3.71. The molecule has 1 aliphatic heterocycles. The molecule has 1 aromatic heterocycles. The minimum absolute atomic E-state index is 0.0206. The van der Waals surface area contributed by atoms with Gasteiger partial charge in [0.1, 0.15) is 0 Å². The predicted molar refractivity (Wildman–Crippen MR) is 98.0 cm³/mol. The summed E-state index contributed by atoms with van der Waals surface area (Å²) in [4.78, 5) is 28.3. The molecule has 3 N–H and O–H groups in total. The second-order valence-corrected chi connectivity index (χ2v) is 8.03. The van der Waals surface area contributed by atoms with Crippen molar-refractivity contribution in [1.82, 2.24) is 15.6 Å². The van der Waals surface area contributed by atoms with E-state index in [1.807, 2.05) is 5.32 Å². The van der Waals surface area contributed by atoms with Crippen LogP contribution in [-0.4, -0.2) is 41.6 Å². The molecule has 2 heterocycles. The number of thiazole rings is 1. The number of fused-ring (bicyclic) bond motifs is 2. The molecule has 0 spiro atoms. The lowest BCUT2D eigenvalue weighted by Gasteiger charge is -2.23. The number of hydrogen-bond donors (Lipinski definition) is 3. The Morgan fingerprint density at radius 2 is 2.07 bits per heavy atom. The molecule has 1 aliphatic carbocycles. The van der Waals surface area contributed by atoms with Gasteiger partial charge in [0.2, 0.25) is 0 Å². The minimum Gasteiger partial charge on any atom is -0.346 e. The largest absolute Gasteiger partial charge is 0.471 e. The van der Waals surface area contributed by atoms with Crippen LogP contribution in [0.15, 0.2) is 30.5 Å². The maximum Gasteiger partial charge on any atom is 0.471 e. The molecule has 1 saturated heterocycles. The highest BCUT2D eigenvalue weighted by molar-refractivity contribution is 7.17. The molecule has 6 nitrogen and oxygen atoms in total. The Morgan fingerprint density at radius 3 is 2.75 bits per heavy atom. The van der Waals surface area contributed by atoms with E-state index < -0.39 is 12.1 Å². The smallest absolute Gasteiger partial charge is 0.346 e. The lowest BCUT2D eigenvalue weighted by atomic mass is 10.1. The summed E-state index contributed by atoms with van der Waals surface area (Å²) in [7, 11) is 0. The van der Waals surface area contributed by atoms with Crippen molar-refractivity contribution in [2.75, 3.05) is 11.9 Å². The number of aromatic nitrogens is 1. The summed E-state index contributed by atoms with van der Waals surface area (Å²) in [5.74, 6) is -1.68. The number of anilines is 1. The normalized spacial score (nSPS) is 23.6. The van der Waals surface area contributed by atoms with E-state index >= 15 is 0 Å². The molecule has 148 valence electrons. The van der Waals surface area contributed by atoms with Crippen LogP contribution in [-0.2, 0) is 4.79 Å². The Bertz CT molecular complexity index is 914. The van der Waals surface area contributed by atoms with Crippen molar-refractivity contribution in [3.05, 3.63) is 35.5 Å². The van der Waals surface area contributed by atoms with Gasteiger partial charge in [0.15, 0.2) is 5.01 Å². The molecule has 2 bridgehead atoms. The van der Waals surface area contributed by atoms with E-state index in [-0.39, 0.29) is 17.6 Å². The van der Waals surface area contributed by atoms with Gasteiger partial charge in [-0.1, -0.05) is 12.1 Å². The van der Waals surface area contributed by atoms with E-state index in [1.165, 1.54) is 24.4 Å². The van der Waals surface area contributed by atoms with Crippen LogP contribution in [0.3, 0.4) is 0 Å². The van der Waals surface area contributed by atoms with E-state index in [9.17, 15) is 22.8 Å². The average molecular weight is 410 g/mol. The molecule has 1 aromatic carbocycles. The first-order valence-corrected chi connectivity index (χ1v) is 9.60. The Labute approximate surface area is 162 Å². The van der Waals surface area contributed by atoms with Gasteiger partial charge < -0.3 is 16.0 Å². The molecule has 3 unspecified atom stereocenters. The number of rotatable bonds is 4. The number of piperidine rings is 1. The summed E-state index contributed by atoms with van der Waals surface area (Å²) >= 11 is 1.15. The monoisotopic (exact) mass is 410 g/mol. The molecule has 4 rings (SSSR count). The topological polar surface area (TPSA) is 83.1 Å². The van der Waals surface area contributed by atoms with Crippen LogP contribution in [0, 0.1) is 5.92 Å². The summed E-state index contributed by atoms with van der Waals surface area (Å²) in [6.45, 7) is 1.000. The first kappa shape index (κ1) is 18.9. The van der Waals surface area contributed by atoms with Gasteiger partial charge in [0.05, 0.1) is 4.88 Å². The molecule has 1 saturated carbocycles. The first-order chi connectivity index (χ1) is 13.3. The van der Waals surface area contributed by atoms with Gasteiger partial charge in [-0.3, -0.25) is 9.59 Å². The number of benzene rings is 1. The van der Waals surface area contributed by atoms with Crippen molar-refractivity contribution in [3.63, 3.8) is 0 Å². The zero-order valence-corrected chi connectivity index (χ0v) is 15.4. The van der Waals surface area contributed by atoms with Gasteiger partial charge in [-0.05, 0) is 43.0 Å². The zero-order chi connectivity index (χ0) is 19.9. The molecule has 2 amide bonds. The number of alkyl halides is 3. The fourth-order valence-corrected chi connectivity index (χ4v) is 4.52. The lowest BCUT2D eigenvalue weighted by Crippen LogP contribution is -2.47. The SMILES string of the molecule is O=C(NC1CC2CNC1C2)c1ncc(-c2cccc(NC(=O)C(F)(F)F)c2)s1. The molecule has 2 aliphatic rings. The van der Waals surface area contributed by atoms with Crippen molar-refractivity contribution in [3.8, 4) is 10.4 Å². The molecular formula is C18H17F3N4O2S. The third-order valence-electron chi connectivity index (χ3n) is 5.01. The van der Waals surface area contributed by atoms with E-state index in [2.05, 4.69) is 15.6 Å². The third-order valence-corrected chi connectivity index (χ3v) is 6.05. The predicted octanol–water partition coefficient (Wildman–Crippen LogP) is 2.79. The maximum absolute atomic E-state index is 12.5. The van der Waals surface area contributed by atoms with Crippen LogP contribution >= 0.6 is 11.3 Å². The standard InChI is InChI=1S/C18H17F3N4O2S/c19-18(20,21)17(27)24-11-3-1-2-10(6-11)14-8-23-16(28-14)15(26)25-13-5-9-4-12(13)22-7-9/h1-3,6,8-9,12-13,22H,4-5,7H2,(H,24,27)(H,25,26). The number of carbonyl (C=O) groups is 2. The summed E-state index contributed by atoms with van der Waals surface area (Å²) in [6, 6.07) is 6.39. The highest BCUT2D eigenvalue weighted by Gasteiger charge is 2.40. The van der Waals surface area contributed by atoms with Crippen molar-refractivity contribution >= 4 is 28.8 Å². The van der Waals surface area contributed by atoms with Crippen LogP contribution in [0.1, 0.15) is 22.6 Å². The first-order valence-electron chi connectivity index (χ1n) is 8.78. The van der Waals surface area contributed by atoms with Crippen molar-refractivity contribution < 1.29 is 22.8 Å². The number of nitrogens with one attached hydrogen (secondary N) is 3. The Balaban J connectivity index is 1.44. The summed E-state index contributed by atoms with van der Waals surface area (Å²) in [5.41, 5.74) is 0.588.